The molecule has 0 fully saturated rings. The van der Waals surface area contributed by atoms with Gasteiger partial charge in [-0.05, 0) is 36.6 Å². The van der Waals surface area contributed by atoms with E-state index in [0.29, 0.717) is 0 Å². The molecule has 0 aliphatic carbocycles. The molecular weight excluding hydrogens is 196 g/mol. The van der Waals surface area contributed by atoms with Crippen LogP contribution in [0.5, 0.6) is 0 Å². The van der Waals surface area contributed by atoms with Gasteiger partial charge in [-0.15, -0.1) is 0 Å². The summed E-state index contributed by atoms with van der Waals surface area (Å²) in [6, 6.07) is 14.4. The summed E-state index contributed by atoms with van der Waals surface area (Å²) in [6.45, 7) is 1.98. The van der Waals surface area contributed by atoms with Gasteiger partial charge in [0.15, 0.2) is 0 Å². The number of benzene rings is 1. The van der Waals surface area contributed by atoms with Gasteiger partial charge in [-0.3, -0.25) is 4.98 Å². The quantitative estimate of drug-likeness (QED) is 0.849. The van der Waals surface area contributed by atoms with Crippen molar-refractivity contribution in [3.05, 3.63) is 65.5 Å². The molecule has 0 saturated carbocycles. The first-order valence-corrected chi connectivity index (χ1v) is 5.48. The molecule has 2 aromatic rings. The van der Waals surface area contributed by atoms with Gasteiger partial charge in [0.2, 0.25) is 0 Å². The Hall–Kier alpha value is -1.67. The minimum atomic E-state index is 0.0455. The van der Waals surface area contributed by atoms with E-state index in [1.54, 1.807) is 0 Å². The lowest BCUT2D eigenvalue weighted by Gasteiger charge is -2.12. The van der Waals surface area contributed by atoms with E-state index in [-0.39, 0.29) is 6.04 Å². The summed E-state index contributed by atoms with van der Waals surface area (Å²) in [4.78, 5) is 4.17. The summed E-state index contributed by atoms with van der Waals surface area (Å²) in [7, 11) is 0. The highest BCUT2D eigenvalue weighted by Gasteiger charge is 2.06. The highest BCUT2D eigenvalue weighted by Crippen LogP contribution is 2.15. The molecule has 1 heterocycles. The van der Waals surface area contributed by atoms with Crippen LogP contribution in [0, 0.1) is 6.92 Å². The number of pyridine rings is 1. The fourth-order valence-electron chi connectivity index (χ4n) is 1.78. The SMILES string of the molecule is Cc1cc(C(N)Cc2ccccc2)ccn1. The first-order chi connectivity index (χ1) is 7.75. The Morgan fingerprint density at radius 2 is 1.94 bits per heavy atom. The molecule has 0 radical (unpaired) electrons. The molecule has 2 nitrogen and oxygen atoms in total. The van der Waals surface area contributed by atoms with Crippen LogP contribution in [0.2, 0.25) is 0 Å². The van der Waals surface area contributed by atoms with Gasteiger partial charge in [0, 0.05) is 17.9 Å². The number of hydrogen-bond donors (Lipinski definition) is 1. The Bertz CT molecular complexity index is 451. The van der Waals surface area contributed by atoms with E-state index >= 15 is 0 Å². The second-order valence-electron chi connectivity index (χ2n) is 4.03. The minimum Gasteiger partial charge on any atom is -0.324 e. The van der Waals surface area contributed by atoms with E-state index in [1.165, 1.54) is 5.56 Å². The van der Waals surface area contributed by atoms with Crippen molar-refractivity contribution in [1.29, 1.82) is 0 Å². The smallest absolute Gasteiger partial charge is 0.0375 e. The zero-order valence-corrected chi connectivity index (χ0v) is 9.43. The molecule has 1 aromatic carbocycles. The number of nitrogens with two attached hydrogens (primary N) is 1. The zero-order chi connectivity index (χ0) is 11.4. The van der Waals surface area contributed by atoms with E-state index in [0.717, 1.165) is 17.7 Å². The normalized spacial score (nSPS) is 12.4. The monoisotopic (exact) mass is 212 g/mol. The van der Waals surface area contributed by atoms with Crippen LogP contribution in [0.3, 0.4) is 0 Å². The Morgan fingerprint density at radius 3 is 2.62 bits per heavy atom. The van der Waals surface area contributed by atoms with Crippen molar-refractivity contribution in [1.82, 2.24) is 4.98 Å². The maximum absolute atomic E-state index is 6.17. The predicted octanol–water partition coefficient (Wildman–Crippen LogP) is 2.63. The molecule has 0 amide bonds. The molecule has 0 aliphatic rings. The molecule has 0 bridgehead atoms. The molecule has 2 rings (SSSR count). The summed E-state index contributed by atoms with van der Waals surface area (Å²) in [5, 5.41) is 0. The van der Waals surface area contributed by atoms with Crippen LogP contribution in [0.25, 0.3) is 0 Å². The lowest BCUT2D eigenvalue weighted by atomic mass is 10.0. The van der Waals surface area contributed by atoms with Crippen LogP contribution in [0.4, 0.5) is 0 Å². The maximum atomic E-state index is 6.17. The molecule has 2 N–H and O–H groups in total. The average molecular weight is 212 g/mol. The largest absolute Gasteiger partial charge is 0.324 e. The minimum absolute atomic E-state index is 0.0455. The van der Waals surface area contributed by atoms with Crippen molar-refractivity contribution in [3.8, 4) is 0 Å². The Labute approximate surface area is 96.1 Å². The standard InChI is InChI=1S/C14H16N2/c1-11-9-13(7-8-16-11)14(15)10-12-5-3-2-4-6-12/h2-9,14H,10,15H2,1H3. The summed E-state index contributed by atoms with van der Waals surface area (Å²) in [6.07, 6.45) is 2.68. The van der Waals surface area contributed by atoms with Gasteiger partial charge in [0.05, 0.1) is 0 Å². The van der Waals surface area contributed by atoms with Crippen molar-refractivity contribution in [2.45, 2.75) is 19.4 Å². The molecule has 0 aliphatic heterocycles. The molecule has 1 aromatic heterocycles. The summed E-state index contributed by atoms with van der Waals surface area (Å²) in [5.41, 5.74) is 9.60. The van der Waals surface area contributed by atoms with Gasteiger partial charge in [-0.2, -0.15) is 0 Å². The first kappa shape index (κ1) is 10.8. The summed E-state index contributed by atoms with van der Waals surface area (Å²) < 4.78 is 0. The van der Waals surface area contributed by atoms with E-state index in [2.05, 4.69) is 17.1 Å². The fraction of sp³-hybridized carbons (Fsp3) is 0.214. The topological polar surface area (TPSA) is 38.9 Å². The van der Waals surface area contributed by atoms with Crippen molar-refractivity contribution >= 4 is 0 Å². The average Bonchev–Trinajstić information content (AvgIpc) is 2.30. The molecule has 1 unspecified atom stereocenters. The van der Waals surface area contributed by atoms with E-state index in [1.807, 2.05) is 43.5 Å². The summed E-state index contributed by atoms with van der Waals surface area (Å²) >= 11 is 0. The molecule has 0 saturated heterocycles. The predicted molar refractivity (Wildman–Crippen MR) is 66.0 cm³/mol. The lowest BCUT2D eigenvalue weighted by Crippen LogP contribution is -2.13. The Morgan fingerprint density at radius 1 is 1.19 bits per heavy atom. The molecular formula is C14H16N2. The van der Waals surface area contributed by atoms with Crippen LogP contribution < -0.4 is 5.73 Å². The van der Waals surface area contributed by atoms with E-state index in [9.17, 15) is 0 Å². The van der Waals surface area contributed by atoms with Crippen LogP contribution >= 0.6 is 0 Å². The van der Waals surface area contributed by atoms with Gasteiger partial charge in [0.1, 0.15) is 0 Å². The second kappa shape index (κ2) is 4.90. The van der Waals surface area contributed by atoms with E-state index in [4.69, 9.17) is 5.73 Å². The first-order valence-electron chi connectivity index (χ1n) is 5.48. The Kier molecular flexibility index (Phi) is 3.32. The fourth-order valence-corrected chi connectivity index (χ4v) is 1.78. The van der Waals surface area contributed by atoms with Gasteiger partial charge >= 0.3 is 0 Å². The van der Waals surface area contributed by atoms with Crippen molar-refractivity contribution in [3.63, 3.8) is 0 Å². The maximum Gasteiger partial charge on any atom is 0.0375 e. The van der Waals surface area contributed by atoms with Crippen molar-refractivity contribution in [2.24, 2.45) is 5.73 Å². The van der Waals surface area contributed by atoms with Crippen LogP contribution in [-0.2, 0) is 6.42 Å². The number of rotatable bonds is 3. The molecule has 82 valence electrons. The van der Waals surface area contributed by atoms with Gasteiger partial charge in [0.25, 0.3) is 0 Å². The number of aromatic nitrogens is 1. The van der Waals surface area contributed by atoms with E-state index < -0.39 is 0 Å². The molecule has 16 heavy (non-hydrogen) atoms. The van der Waals surface area contributed by atoms with Gasteiger partial charge in [-0.1, -0.05) is 30.3 Å². The highest BCUT2D eigenvalue weighted by atomic mass is 14.7. The van der Waals surface area contributed by atoms with Crippen LogP contribution in [-0.4, -0.2) is 4.98 Å². The Balaban J connectivity index is 2.12. The third kappa shape index (κ3) is 2.67. The number of hydrogen-bond acceptors (Lipinski definition) is 2. The summed E-state index contributed by atoms with van der Waals surface area (Å²) in [5.74, 6) is 0. The highest BCUT2D eigenvalue weighted by molar-refractivity contribution is 5.23. The molecule has 2 heteroatoms. The van der Waals surface area contributed by atoms with Gasteiger partial charge < -0.3 is 5.73 Å². The molecule has 1 atom stereocenters. The third-order valence-electron chi connectivity index (χ3n) is 2.65. The zero-order valence-electron chi connectivity index (χ0n) is 9.43. The second-order valence-corrected chi connectivity index (χ2v) is 4.03. The molecule has 0 spiro atoms. The third-order valence-corrected chi connectivity index (χ3v) is 2.65. The lowest BCUT2D eigenvalue weighted by molar-refractivity contribution is 0.719. The van der Waals surface area contributed by atoms with Crippen LogP contribution in [0.1, 0.15) is 22.9 Å². The number of aryl methyl sites for hydroxylation is 1. The van der Waals surface area contributed by atoms with Crippen molar-refractivity contribution in [2.75, 3.05) is 0 Å². The van der Waals surface area contributed by atoms with Gasteiger partial charge in [-0.25, -0.2) is 0 Å². The van der Waals surface area contributed by atoms with Crippen molar-refractivity contribution < 1.29 is 0 Å². The number of nitrogens with zero attached hydrogens (tertiary/aromatic N) is 1. The van der Waals surface area contributed by atoms with Crippen LogP contribution in [0.15, 0.2) is 48.7 Å².